The molecule has 1 heterocycles. The lowest BCUT2D eigenvalue weighted by Crippen LogP contribution is -2.44. The summed E-state index contributed by atoms with van der Waals surface area (Å²) in [6.45, 7) is 4.65. The van der Waals surface area contributed by atoms with Crippen LogP contribution in [0.15, 0.2) is 12.1 Å². The van der Waals surface area contributed by atoms with Crippen molar-refractivity contribution in [2.24, 2.45) is 0 Å². The van der Waals surface area contributed by atoms with Crippen molar-refractivity contribution >= 4 is 5.78 Å². The highest BCUT2D eigenvalue weighted by Crippen LogP contribution is 2.34. The first kappa shape index (κ1) is 16.6. The molecule has 0 unspecified atom stereocenters. The van der Waals surface area contributed by atoms with E-state index in [1.807, 2.05) is 0 Å². The lowest BCUT2D eigenvalue weighted by atomic mass is 10.0. The molecular weight excluding hydrogens is 284 g/mol. The Morgan fingerprint density at radius 1 is 1.09 bits per heavy atom. The highest BCUT2D eigenvalue weighted by Gasteiger charge is 2.21. The number of hydrogen-bond donors (Lipinski definition) is 1. The second-order valence-corrected chi connectivity index (χ2v) is 5.17. The summed E-state index contributed by atoms with van der Waals surface area (Å²) in [4.78, 5) is 14.9. The molecule has 0 aliphatic carbocycles. The maximum absolute atomic E-state index is 12.6. The van der Waals surface area contributed by atoms with Crippen LogP contribution in [0.3, 0.4) is 0 Å². The van der Waals surface area contributed by atoms with E-state index in [-0.39, 0.29) is 5.78 Å². The molecular formula is C16H24N2O4. The summed E-state index contributed by atoms with van der Waals surface area (Å²) in [5, 5.41) is 3.30. The fraction of sp³-hybridized carbons (Fsp3) is 0.562. The number of rotatable bonds is 7. The van der Waals surface area contributed by atoms with Crippen molar-refractivity contribution in [2.45, 2.75) is 6.42 Å². The minimum Gasteiger partial charge on any atom is -0.496 e. The molecule has 1 aliphatic heterocycles. The van der Waals surface area contributed by atoms with Crippen LogP contribution < -0.4 is 19.5 Å². The van der Waals surface area contributed by atoms with Crippen molar-refractivity contribution in [3.05, 3.63) is 17.7 Å². The molecule has 6 nitrogen and oxygen atoms in total. The minimum atomic E-state index is 0.0230. The number of carbonyl (C=O) groups is 1. The summed E-state index contributed by atoms with van der Waals surface area (Å²) in [5.74, 6) is 1.60. The third-order valence-electron chi connectivity index (χ3n) is 3.86. The molecule has 0 saturated carbocycles. The van der Waals surface area contributed by atoms with Gasteiger partial charge in [0.15, 0.2) is 5.78 Å². The van der Waals surface area contributed by atoms with Crippen LogP contribution in [0.5, 0.6) is 17.2 Å². The van der Waals surface area contributed by atoms with E-state index in [2.05, 4.69) is 10.2 Å². The van der Waals surface area contributed by atoms with E-state index in [0.717, 1.165) is 32.7 Å². The molecule has 1 N–H and O–H groups in total. The van der Waals surface area contributed by atoms with E-state index >= 15 is 0 Å². The van der Waals surface area contributed by atoms with Crippen LogP contribution >= 0.6 is 0 Å². The largest absolute Gasteiger partial charge is 0.496 e. The first-order valence-corrected chi connectivity index (χ1v) is 7.46. The number of methoxy groups -OCH3 is 3. The van der Waals surface area contributed by atoms with E-state index in [9.17, 15) is 4.79 Å². The summed E-state index contributed by atoms with van der Waals surface area (Å²) < 4.78 is 15.9. The lowest BCUT2D eigenvalue weighted by molar-refractivity contribution is 0.0954. The van der Waals surface area contributed by atoms with Crippen molar-refractivity contribution in [2.75, 3.05) is 54.1 Å². The zero-order valence-electron chi connectivity index (χ0n) is 13.5. The fourth-order valence-electron chi connectivity index (χ4n) is 2.60. The summed E-state index contributed by atoms with van der Waals surface area (Å²) in [5.41, 5.74) is 0.487. The second-order valence-electron chi connectivity index (χ2n) is 5.17. The van der Waals surface area contributed by atoms with E-state index < -0.39 is 0 Å². The van der Waals surface area contributed by atoms with Gasteiger partial charge in [0.1, 0.15) is 22.8 Å². The predicted octanol–water partition coefficient (Wildman–Crippen LogP) is 1.19. The molecule has 1 aliphatic rings. The van der Waals surface area contributed by atoms with E-state index in [4.69, 9.17) is 14.2 Å². The maximum Gasteiger partial charge on any atom is 0.171 e. The Bertz CT molecular complexity index is 488. The van der Waals surface area contributed by atoms with Crippen molar-refractivity contribution in [1.29, 1.82) is 0 Å². The summed E-state index contributed by atoms with van der Waals surface area (Å²) in [7, 11) is 4.66. The number of benzene rings is 1. The number of piperazine rings is 1. The Morgan fingerprint density at radius 2 is 1.68 bits per heavy atom. The highest BCUT2D eigenvalue weighted by atomic mass is 16.5. The van der Waals surface area contributed by atoms with Crippen LogP contribution in [0.4, 0.5) is 0 Å². The zero-order valence-corrected chi connectivity index (χ0v) is 13.5. The van der Waals surface area contributed by atoms with Crippen molar-refractivity contribution in [3.63, 3.8) is 0 Å². The Kier molecular flexibility index (Phi) is 6.03. The average Bonchev–Trinajstić information content (AvgIpc) is 2.59. The topological polar surface area (TPSA) is 60.0 Å². The van der Waals surface area contributed by atoms with Crippen LogP contribution in [0, 0.1) is 0 Å². The number of ketones is 1. The Labute approximate surface area is 131 Å². The highest BCUT2D eigenvalue weighted by molar-refractivity contribution is 6.01. The van der Waals surface area contributed by atoms with Gasteiger partial charge < -0.3 is 24.4 Å². The van der Waals surface area contributed by atoms with Crippen molar-refractivity contribution in [3.8, 4) is 17.2 Å². The van der Waals surface area contributed by atoms with Gasteiger partial charge in [-0.3, -0.25) is 4.79 Å². The number of nitrogens with zero attached hydrogens (tertiary/aromatic N) is 1. The quantitative estimate of drug-likeness (QED) is 0.764. The standard InChI is InChI=1S/C16H24N2O4/c1-20-12-10-14(21-2)16(15(11-12)22-3)13(19)4-7-18-8-5-17-6-9-18/h10-11,17H,4-9H2,1-3H3. The van der Waals surface area contributed by atoms with Gasteiger partial charge in [-0.15, -0.1) is 0 Å². The van der Waals surface area contributed by atoms with Gasteiger partial charge in [0.05, 0.1) is 21.3 Å². The molecule has 0 aromatic heterocycles. The monoisotopic (exact) mass is 308 g/mol. The zero-order chi connectivity index (χ0) is 15.9. The van der Waals surface area contributed by atoms with Gasteiger partial charge in [-0.1, -0.05) is 0 Å². The third-order valence-corrected chi connectivity index (χ3v) is 3.86. The number of nitrogens with one attached hydrogen (secondary N) is 1. The second kappa shape index (κ2) is 8.00. The molecule has 1 aromatic carbocycles. The first-order chi connectivity index (χ1) is 10.7. The van der Waals surface area contributed by atoms with E-state index in [1.165, 1.54) is 0 Å². The van der Waals surface area contributed by atoms with E-state index in [0.29, 0.717) is 29.2 Å². The molecule has 2 rings (SSSR count). The number of hydrogen-bond acceptors (Lipinski definition) is 6. The van der Waals surface area contributed by atoms with Gasteiger partial charge in [0.2, 0.25) is 0 Å². The van der Waals surface area contributed by atoms with Gasteiger partial charge in [0, 0.05) is 51.3 Å². The minimum absolute atomic E-state index is 0.0230. The van der Waals surface area contributed by atoms with Gasteiger partial charge in [-0.2, -0.15) is 0 Å². The maximum atomic E-state index is 12.6. The predicted molar refractivity (Wildman–Crippen MR) is 84.4 cm³/mol. The number of Topliss-reactive ketones (excluding diaryl/α,β-unsaturated/α-hetero) is 1. The van der Waals surface area contributed by atoms with Crippen LogP contribution in [0.25, 0.3) is 0 Å². The molecule has 1 aromatic rings. The van der Waals surface area contributed by atoms with Crippen LogP contribution in [-0.2, 0) is 0 Å². The molecule has 0 bridgehead atoms. The van der Waals surface area contributed by atoms with Crippen LogP contribution in [-0.4, -0.2) is 64.7 Å². The lowest BCUT2D eigenvalue weighted by Gasteiger charge is -2.26. The molecule has 22 heavy (non-hydrogen) atoms. The van der Waals surface area contributed by atoms with Crippen LogP contribution in [0.1, 0.15) is 16.8 Å². The molecule has 0 amide bonds. The summed E-state index contributed by atoms with van der Waals surface area (Å²) in [6, 6.07) is 3.42. The van der Waals surface area contributed by atoms with Gasteiger partial charge in [0.25, 0.3) is 0 Å². The van der Waals surface area contributed by atoms with Gasteiger partial charge in [-0.25, -0.2) is 0 Å². The van der Waals surface area contributed by atoms with Crippen molar-refractivity contribution < 1.29 is 19.0 Å². The Hall–Kier alpha value is -1.79. The average molecular weight is 308 g/mol. The van der Waals surface area contributed by atoms with E-state index in [1.54, 1.807) is 33.5 Å². The van der Waals surface area contributed by atoms with Crippen LogP contribution in [0.2, 0.25) is 0 Å². The first-order valence-electron chi connectivity index (χ1n) is 7.46. The molecule has 0 spiro atoms. The molecule has 1 saturated heterocycles. The number of ether oxygens (including phenoxy) is 3. The normalized spacial score (nSPS) is 15.4. The molecule has 0 radical (unpaired) electrons. The summed E-state index contributed by atoms with van der Waals surface area (Å²) >= 11 is 0. The molecule has 6 heteroatoms. The van der Waals surface area contributed by atoms with Gasteiger partial charge >= 0.3 is 0 Å². The fourth-order valence-corrected chi connectivity index (χ4v) is 2.60. The molecule has 122 valence electrons. The molecule has 1 fully saturated rings. The van der Waals surface area contributed by atoms with Gasteiger partial charge in [-0.05, 0) is 0 Å². The number of carbonyl (C=O) groups excluding carboxylic acids is 1. The Morgan fingerprint density at radius 3 is 2.18 bits per heavy atom. The van der Waals surface area contributed by atoms with Crippen molar-refractivity contribution in [1.82, 2.24) is 10.2 Å². The SMILES string of the molecule is COc1cc(OC)c(C(=O)CCN2CCNCC2)c(OC)c1. The summed E-state index contributed by atoms with van der Waals surface area (Å²) in [6.07, 6.45) is 0.444. The Balaban J connectivity index is 2.13. The third kappa shape index (κ3) is 3.90. The smallest absolute Gasteiger partial charge is 0.171 e. The molecule has 0 atom stereocenters.